The van der Waals surface area contributed by atoms with Crippen molar-refractivity contribution < 1.29 is 4.57 Å². The smallest absolute Gasteiger partial charge is 0.233 e. The van der Waals surface area contributed by atoms with Crippen LogP contribution in [0.15, 0.2) is 18.5 Å². The van der Waals surface area contributed by atoms with Gasteiger partial charge in [0.15, 0.2) is 11.0 Å². The quantitative estimate of drug-likeness (QED) is 0.538. The molecule has 0 radical (unpaired) electrons. The minimum atomic E-state index is 1.30. The molecule has 0 saturated carbocycles. The zero-order chi connectivity index (χ0) is 9.59. The molecule has 0 amide bonds. The molecule has 0 aliphatic heterocycles. The van der Waals surface area contributed by atoms with Gasteiger partial charge in [-0.3, -0.25) is 0 Å². The fraction of sp³-hybridized carbons (Fsp3) is 0.364. The topological polar surface area (TPSA) is 8.81 Å². The second-order valence-corrected chi connectivity index (χ2v) is 3.76. The van der Waals surface area contributed by atoms with E-state index in [1.165, 1.54) is 22.2 Å². The van der Waals surface area contributed by atoms with Crippen LogP contribution >= 0.6 is 0 Å². The van der Waals surface area contributed by atoms with E-state index in [-0.39, 0.29) is 0 Å². The number of aryl methyl sites for hydroxylation is 4. The highest BCUT2D eigenvalue weighted by Gasteiger charge is 2.10. The van der Waals surface area contributed by atoms with E-state index in [4.69, 9.17) is 0 Å². The van der Waals surface area contributed by atoms with Crippen LogP contribution in [0.5, 0.6) is 0 Å². The highest BCUT2D eigenvalue weighted by molar-refractivity contribution is 5.74. The second kappa shape index (κ2) is 2.59. The van der Waals surface area contributed by atoms with Crippen molar-refractivity contribution in [1.82, 2.24) is 4.57 Å². The minimum Gasteiger partial charge on any atom is -0.233 e. The van der Waals surface area contributed by atoms with Crippen molar-refractivity contribution in [3.63, 3.8) is 0 Å². The van der Waals surface area contributed by atoms with Gasteiger partial charge < -0.3 is 0 Å². The maximum atomic E-state index is 2.24. The Labute approximate surface area is 78.4 Å². The van der Waals surface area contributed by atoms with Gasteiger partial charge in [0.2, 0.25) is 6.33 Å². The van der Waals surface area contributed by atoms with E-state index >= 15 is 0 Å². The molecular weight excluding hydrogens is 160 g/mol. The Morgan fingerprint density at radius 3 is 2.46 bits per heavy atom. The molecule has 1 aromatic carbocycles. The number of hydrogen-bond donors (Lipinski definition) is 0. The number of benzene rings is 1. The first kappa shape index (κ1) is 8.30. The van der Waals surface area contributed by atoms with Crippen molar-refractivity contribution in [1.29, 1.82) is 0 Å². The van der Waals surface area contributed by atoms with Crippen LogP contribution in [-0.2, 0) is 14.1 Å². The van der Waals surface area contributed by atoms with Gasteiger partial charge in [-0.15, -0.1) is 0 Å². The Morgan fingerprint density at radius 1 is 1.15 bits per heavy atom. The molecule has 1 heterocycles. The number of nitrogens with zero attached hydrogens (tertiary/aromatic N) is 2. The zero-order valence-electron chi connectivity index (χ0n) is 8.63. The van der Waals surface area contributed by atoms with Gasteiger partial charge >= 0.3 is 0 Å². The SMILES string of the molecule is Cc1cc2c(cc1C)[n+](C)cn2C. The van der Waals surface area contributed by atoms with Gasteiger partial charge in [-0.2, -0.15) is 0 Å². The summed E-state index contributed by atoms with van der Waals surface area (Å²) >= 11 is 0. The number of fused-ring (bicyclic) bond motifs is 1. The van der Waals surface area contributed by atoms with E-state index in [2.05, 4.69) is 55.5 Å². The Morgan fingerprint density at radius 2 is 1.77 bits per heavy atom. The average Bonchev–Trinajstić information content (AvgIpc) is 2.31. The summed E-state index contributed by atoms with van der Waals surface area (Å²) in [5.41, 5.74) is 5.31. The van der Waals surface area contributed by atoms with E-state index < -0.39 is 0 Å². The Bertz CT molecular complexity index is 424. The molecule has 0 saturated heterocycles. The van der Waals surface area contributed by atoms with Gasteiger partial charge in [0.05, 0.1) is 14.1 Å². The standard InChI is InChI=1S/C11H15N2/c1-8-5-10-11(6-9(8)2)13(4)7-12(10)3/h5-7H,1-4H3/q+1. The molecule has 2 aromatic rings. The fourth-order valence-electron chi connectivity index (χ4n) is 1.73. The maximum absolute atomic E-state index is 2.24. The van der Waals surface area contributed by atoms with Crippen molar-refractivity contribution in [3.05, 3.63) is 29.6 Å². The van der Waals surface area contributed by atoms with Gasteiger partial charge in [-0.05, 0) is 37.1 Å². The first-order valence-corrected chi connectivity index (χ1v) is 4.51. The lowest BCUT2D eigenvalue weighted by Crippen LogP contribution is -2.25. The lowest BCUT2D eigenvalue weighted by atomic mass is 10.1. The van der Waals surface area contributed by atoms with E-state index in [0.29, 0.717) is 0 Å². The van der Waals surface area contributed by atoms with Crippen LogP contribution in [0.25, 0.3) is 11.0 Å². The molecule has 0 unspecified atom stereocenters. The monoisotopic (exact) mass is 175 g/mol. The van der Waals surface area contributed by atoms with Crippen LogP contribution in [0.2, 0.25) is 0 Å². The summed E-state index contributed by atoms with van der Waals surface area (Å²) in [5.74, 6) is 0. The van der Waals surface area contributed by atoms with Crippen molar-refractivity contribution in [2.24, 2.45) is 14.1 Å². The van der Waals surface area contributed by atoms with Crippen molar-refractivity contribution in [2.75, 3.05) is 0 Å². The molecule has 0 fully saturated rings. The molecule has 0 aliphatic carbocycles. The molecule has 0 atom stereocenters. The molecule has 1 aromatic heterocycles. The molecule has 2 nitrogen and oxygen atoms in total. The summed E-state index contributed by atoms with van der Waals surface area (Å²) in [6.45, 7) is 4.31. The average molecular weight is 175 g/mol. The van der Waals surface area contributed by atoms with E-state index in [1.807, 2.05) is 0 Å². The Balaban J connectivity index is 2.91. The van der Waals surface area contributed by atoms with Gasteiger partial charge in [0, 0.05) is 0 Å². The Kier molecular flexibility index (Phi) is 1.65. The van der Waals surface area contributed by atoms with Gasteiger partial charge in [0.25, 0.3) is 0 Å². The lowest BCUT2D eigenvalue weighted by molar-refractivity contribution is -0.645. The van der Waals surface area contributed by atoms with Gasteiger partial charge in [-0.1, -0.05) is 0 Å². The third-order valence-electron chi connectivity index (χ3n) is 2.70. The zero-order valence-corrected chi connectivity index (χ0v) is 8.63. The van der Waals surface area contributed by atoms with E-state index in [9.17, 15) is 0 Å². The van der Waals surface area contributed by atoms with E-state index in [1.54, 1.807) is 0 Å². The lowest BCUT2D eigenvalue weighted by Gasteiger charge is -1.97. The number of aromatic nitrogens is 2. The van der Waals surface area contributed by atoms with Gasteiger partial charge in [-0.25, -0.2) is 9.13 Å². The number of hydrogen-bond acceptors (Lipinski definition) is 0. The van der Waals surface area contributed by atoms with Crippen LogP contribution in [0, 0.1) is 13.8 Å². The number of rotatable bonds is 0. The summed E-state index contributed by atoms with van der Waals surface area (Å²) in [4.78, 5) is 0. The van der Waals surface area contributed by atoms with E-state index in [0.717, 1.165) is 0 Å². The molecule has 0 bridgehead atoms. The summed E-state index contributed by atoms with van der Waals surface area (Å²) in [6.07, 6.45) is 2.10. The highest BCUT2D eigenvalue weighted by atomic mass is 15.1. The van der Waals surface area contributed by atoms with Crippen molar-refractivity contribution in [3.8, 4) is 0 Å². The molecule has 13 heavy (non-hydrogen) atoms. The maximum Gasteiger partial charge on any atom is 0.244 e. The Hall–Kier alpha value is -1.31. The van der Waals surface area contributed by atoms with Crippen LogP contribution in [0.3, 0.4) is 0 Å². The third-order valence-corrected chi connectivity index (χ3v) is 2.70. The first-order valence-electron chi connectivity index (χ1n) is 4.51. The molecular formula is C11H15N2+. The van der Waals surface area contributed by atoms with Crippen molar-refractivity contribution in [2.45, 2.75) is 13.8 Å². The van der Waals surface area contributed by atoms with Crippen LogP contribution in [0.1, 0.15) is 11.1 Å². The predicted octanol–water partition coefficient (Wildman–Crippen LogP) is 1.62. The summed E-state index contributed by atoms with van der Waals surface area (Å²) < 4.78 is 4.31. The highest BCUT2D eigenvalue weighted by Crippen LogP contribution is 2.15. The summed E-state index contributed by atoms with van der Waals surface area (Å²) in [7, 11) is 4.16. The van der Waals surface area contributed by atoms with Gasteiger partial charge in [0.1, 0.15) is 0 Å². The van der Waals surface area contributed by atoms with Crippen LogP contribution < -0.4 is 4.57 Å². The fourth-order valence-corrected chi connectivity index (χ4v) is 1.73. The van der Waals surface area contributed by atoms with Crippen LogP contribution in [0.4, 0.5) is 0 Å². The first-order chi connectivity index (χ1) is 6.09. The summed E-state index contributed by atoms with van der Waals surface area (Å²) in [6, 6.07) is 4.48. The molecule has 2 rings (SSSR count). The second-order valence-electron chi connectivity index (χ2n) is 3.76. The molecule has 0 aliphatic rings. The van der Waals surface area contributed by atoms with Crippen LogP contribution in [-0.4, -0.2) is 4.57 Å². The molecule has 0 N–H and O–H groups in total. The third kappa shape index (κ3) is 1.13. The van der Waals surface area contributed by atoms with Crippen molar-refractivity contribution >= 4 is 11.0 Å². The minimum absolute atomic E-state index is 1.30. The largest absolute Gasteiger partial charge is 0.244 e. The normalized spacial score (nSPS) is 11.1. The molecule has 68 valence electrons. The predicted molar refractivity (Wildman–Crippen MR) is 53.6 cm³/mol. The summed E-state index contributed by atoms with van der Waals surface area (Å²) in [5, 5.41) is 0. The number of imidazole rings is 1. The molecule has 2 heteroatoms. The molecule has 0 spiro atoms.